The average molecular weight is 408 g/mol. The minimum Gasteiger partial charge on any atom is -0.443 e. The smallest absolute Gasteiger partial charge is 0.425 e. The molecule has 0 atom stereocenters. The van der Waals surface area contributed by atoms with Crippen molar-refractivity contribution in [3.05, 3.63) is 21.8 Å². The van der Waals surface area contributed by atoms with Crippen LogP contribution in [0.3, 0.4) is 0 Å². The lowest BCUT2D eigenvalue weighted by atomic mass is 10.2. The second kappa shape index (κ2) is 7.05. The van der Waals surface area contributed by atoms with Crippen LogP contribution in [0.1, 0.15) is 41.5 Å². The van der Waals surface area contributed by atoms with Gasteiger partial charge in [-0.2, -0.15) is 4.90 Å². The van der Waals surface area contributed by atoms with Gasteiger partial charge in [0, 0.05) is 0 Å². The molecule has 0 aliphatic rings. The second-order valence-electron chi connectivity index (χ2n) is 6.74. The maximum atomic E-state index is 12.4. The molecule has 128 valence electrons. The lowest BCUT2D eigenvalue weighted by Gasteiger charge is -2.28. The van der Waals surface area contributed by atoms with E-state index in [4.69, 9.17) is 21.1 Å². The first kappa shape index (κ1) is 19.7. The van der Waals surface area contributed by atoms with Crippen LogP contribution in [-0.4, -0.2) is 28.4 Å². The van der Waals surface area contributed by atoms with Gasteiger partial charge in [-0.15, -0.1) is 0 Å². The Morgan fingerprint density at radius 1 is 1.04 bits per heavy atom. The summed E-state index contributed by atoms with van der Waals surface area (Å²) in [7, 11) is 0. The molecule has 0 bridgehead atoms. The quantitative estimate of drug-likeness (QED) is 0.600. The monoisotopic (exact) mass is 406 g/mol. The van der Waals surface area contributed by atoms with E-state index in [0.29, 0.717) is 9.50 Å². The van der Waals surface area contributed by atoms with Gasteiger partial charge in [0.1, 0.15) is 15.8 Å². The Labute approximate surface area is 149 Å². The molecule has 0 fully saturated rings. The number of halogens is 2. The number of pyridine rings is 1. The number of anilines is 1. The van der Waals surface area contributed by atoms with Crippen LogP contribution < -0.4 is 4.90 Å². The highest BCUT2D eigenvalue weighted by Crippen LogP contribution is 2.28. The summed E-state index contributed by atoms with van der Waals surface area (Å²) in [6.45, 7) is 10.1. The van der Waals surface area contributed by atoms with E-state index in [1.54, 1.807) is 47.6 Å². The molecule has 2 amide bonds. The predicted octanol–water partition coefficient (Wildman–Crippen LogP) is 5.17. The highest BCUT2D eigenvalue weighted by molar-refractivity contribution is 9.10. The lowest BCUT2D eigenvalue weighted by Crippen LogP contribution is -2.44. The molecule has 0 radical (unpaired) electrons. The summed E-state index contributed by atoms with van der Waals surface area (Å²) in [6, 6.07) is 3.10. The van der Waals surface area contributed by atoms with Crippen molar-refractivity contribution in [1.29, 1.82) is 0 Å². The number of aromatic nitrogens is 1. The molecule has 0 N–H and O–H groups in total. The summed E-state index contributed by atoms with van der Waals surface area (Å²) in [4.78, 5) is 29.6. The van der Waals surface area contributed by atoms with E-state index in [1.807, 2.05) is 0 Å². The Kier molecular flexibility index (Phi) is 6.04. The number of rotatable bonds is 1. The Bertz CT molecular complexity index is 580. The van der Waals surface area contributed by atoms with Crippen LogP contribution >= 0.6 is 27.5 Å². The van der Waals surface area contributed by atoms with Crippen molar-refractivity contribution in [2.45, 2.75) is 52.7 Å². The van der Waals surface area contributed by atoms with E-state index in [0.717, 1.165) is 0 Å². The van der Waals surface area contributed by atoms with E-state index in [9.17, 15) is 9.59 Å². The van der Waals surface area contributed by atoms with Crippen molar-refractivity contribution >= 4 is 45.5 Å². The van der Waals surface area contributed by atoms with Crippen molar-refractivity contribution in [1.82, 2.24) is 4.98 Å². The Morgan fingerprint density at radius 3 is 1.87 bits per heavy atom. The number of hydrogen-bond donors (Lipinski definition) is 0. The van der Waals surface area contributed by atoms with Gasteiger partial charge < -0.3 is 9.47 Å². The largest absolute Gasteiger partial charge is 0.443 e. The number of amides is 2. The molecule has 0 saturated heterocycles. The summed E-state index contributed by atoms with van der Waals surface area (Å²) in [5.41, 5.74) is -1.59. The van der Waals surface area contributed by atoms with E-state index in [-0.39, 0.29) is 10.8 Å². The molecule has 0 aliphatic carbocycles. The van der Waals surface area contributed by atoms with Gasteiger partial charge in [-0.3, -0.25) is 0 Å². The van der Waals surface area contributed by atoms with Crippen LogP contribution in [0.2, 0.25) is 5.02 Å². The summed E-state index contributed by atoms with van der Waals surface area (Å²) < 4.78 is 10.9. The van der Waals surface area contributed by atoms with E-state index in [1.165, 1.54) is 6.07 Å². The zero-order valence-corrected chi connectivity index (χ0v) is 16.3. The van der Waals surface area contributed by atoms with Crippen LogP contribution in [-0.2, 0) is 9.47 Å². The number of hydrogen-bond acceptors (Lipinski definition) is 5. The molecular formula is C15H20BrClN2O4. The third-order valence-electron chi connectivity index (χ3n) is 2.16. The maximum absolute atomic E-state index is 12.4. The first-order valence-corrected chi connectivity index (χ1v) is 8.05. The van der Waals surface area contributed by atoms with Gasteiger partial charge in [-0.25, -0.2) is 14.6 Å². The molecule has 1 rings (SSSR count). The summed E-state index contributed by atoms with van der Waals surface area (Å²) in [5, 5.41) is 0.116. The van der Waals surface area contributed by atoms with Crippen LogP contribution in [0.15, 0.2) is 16.7 Å². The average Bonchev–Trinajstić information content (AvgIpc) is 2.29. The van der Waals surface area contributed by atoms with Gasteiger partial charge in [0.2, 0.25) is 0 Å². The summed E-state index contributed by atoms with van der Waals surface area (Å²) >= 11 is 9.27. The fourth-order valence-electron chi connectivity index (χ4n) is 1.43. The number of carbonyl (C=O) groups excluding carboxylic acids is 2. The van der Waals surface area contributed by atoms with Gasteiger partial charge >= 0.3 is 12.2 Å². The first-order chi connectivity index (χ1) is 10.3. The molecule has 0 aliphatic heterocycles. The number of ether oxygens (including phenoxy) is 2. The van der Waals surface area contributed by atoms with Gasteiger partial charge in [-0.1, -0.05) is 11.6 Å². The summed E-state index contributed by atoms with van der Waals surface area (Å²) in [5.74, 6) is -0.0652. The Hall–Kier alpha value is -1.34. The van der Waals surface area contributed by atoms with Crippen LogP contribution in [0.25, 0.3) is 0 Å². The maximum Gasteiger partial charge on any atom is 0.425 e. The van der Waals surface area contributed by atoms with Crippen molar-refractivity contribution in [3.8, 4) is 0 Å². The molecule has 0 aromatic carbocycles. The highest BCUT2D eigenvalue weighted by atomic mass is 79.9. The van der Waals surface area contributed by atoms with Crippen molar-refractivity contribution in [2.75, 3.05) is 4.90 Å². The van der Waals surface area contributed by atoms with E-state index in [2.05, 4.69) is 20.9 Å². The minimum absolute atomic E-state index is 0.0652. The molecule has 1 aromatic heterocycles. The van der Waals surface area contributed by atoms with E-state index >= 15 is 0 Å². The van der Waals surface area contributed by atoms with Crippen LogP contribution in [0.5, 0.6) is 0 Å². The highest BCUT2D eigenvalue weighted by Gasteiger charge is 2.34. The summed E-state index contributed by atoms with van der Waals surface area (Å²) in [6.07, 6.45) is -1.83. The van der Waals surface area contributed by atoms with Crippen LogP contribution in [0.4, 0.5) is 15.4 Å². The van der Waals surface area contributed by atoms with Gasteiger partial charge in [0.15, 0.2) is 5.82 Å². The van der Waals surface area contributed by atoms with Crippen molar-refractivity contribution in [2.24, 2.45) is 0 Å². The molecule has 0 saturated carbocycles. The fraction of sp³-hybridized carbons (Fsp3) is 0.533. The second-order valence-corrected chi connectivity index (χ2v) is 7.96. The zero-order valence-electron chi connectivity index (χ0n) is 13.9. The normalized spacial score (nSPS) is 11.8. The topological polar surface area (TPSA) is 68.7 Å². The fourth-order valence-corrected chi connectivity index (χ4v) is 1.92. The van der Waals surface area contributed by atoms with Gasteiger partial charge in [0.05, 0.1) is 5.02 Å². The SMILES string of the molecule is CC(C)(C)OC(=O)N(C(=O)OC(C)(C)C)c1nc(Br)ccc1Cl. The zero-order chi connectivity index (χ0) is 18.0. The van der Waals surface area contributed by atoms with Gasteiger partial charge in [0.25, 0.3) is 0 Å². The Balaban J connectivity index is 3.28. The number of imide groups is 1. The molecule has 1 heterocycles. The molecular weight excluding hydrogens is 388 g/mol. The lowest BCUT2D eigenvalue weighted by molar-refractivity contribution is 0.0429. The Morgan fingerprint density at radius 2 is 1.48 bits per heavy atom. The standard InChI is InChI=1S/C15H20BrClN2O4/c1-14(2,3)22-12(20)19(13(21)23-15(4,5)6)11-9(17)7-8-10(16)18-11/h7-8H,1-6H3. The van der Waals surface area contributed by atoms with Gasteiger partial charge in [-0.05, 0) is 69.6 Å². The number of nitrogens with zero attached hydrogens (tertiary/aromatic N) is 2. The minimum atomic E-state index is -0.917. The van der Waals surface area contributed by atoms with Crippen LogP contribution in [0, 0.1) is 0 Å². The third-order valence-corrected chi connectivity index (χ3v) is 2.89. The van der Waals surface area contributed by atoms with Crippen molar-refractivity contribution < 1.29 is 19.1 Å². The molecule has 23 heavy (non-hydrogen) atoms. The molecule has 0 unspecified atom stereocenters. The molecule has 6 nitrogen and oxygen atoms in total. The van der Waals surface area contributed by atoms with Crippen molar-refractivity contribution in [3.63, 3.8) is 0 Å². The molecule has 8 heteroatoms. The molecule has 0 spiro atoms. The third kappa shape index (κ3) is 6.35. The first-order valence-electron chi connectivity index (χ1n) is 6.88. The molecule has 1 aromatic rings. The number of carbonyl (C=O) groups is 2. The van der Waals surface area contributed by atoms with E-state index < -0.39 is 23.4 Å². The predicted molar refractivity (Wildman–Crippen MR) is 91.9 cm³/mol.